The van der Waals surface area contributed by atoms with Crippen LogP contribution in [0.1, 0.15) is 53.8 Å². The molecule has 16 heteroatoms. The molecule has 2 aliphatic carbocycles. The SMILES string of the molecule is CC1(Cn2nc(C3CC3C(F)F)c(C(F)(F)F)c2C(=O)Nc2cc[n+]([O-])c(S(C)(=N)=O)c2)CC(F)(F)C1. The van der Waals surface area contributed by atoms with Crippen LogP contribution >= 0.6 is 0 Å². The number of aromatic nitrogens is 3. The molecule has 8 nitrogen and oxygen atoms in total. The van der Waals surface area contributed by atoms with Gasteiger partial charge in [0.05, 0.1) is 11.4 Å². The number of carbonyl (C=O) groups is 1. The third-order valence-electron chi connectivity index (χ3n) is 6.44. The zero-order chi connectivity index (χ0) is 27.7. The number of hydrogen-bond donors (Lipinski definition) is 2. The predicted octanol–water partition coefficient (Wildman–Crippen LogP) is 4.63. The van der Waals surface area contributed by atoms with Gasteiger partial charge in [-0.2, -0.15) is 23.0 Å². The lowest BCUT2D eigenvalue weighted by Crippen LogP contribution is -2.47. The first-order valence-electron chi connectivity index (χ1n) is 10.9. The highest BCUT2D eigenvalue weighted by Gasteiger charge is 2.56. The van der Waals surface area contributed by atoms with Crippen molar-refractivity contribution in [1.29, 1.82) is 4.78 Å². The number of hydrogen-bond acceptors (Lipinski definition) is 5. The van der Waals surface area contributed by atoms with E-state index in [2.05, 4.69) is 10.4 Å². The molecule has 0 radical (unpaired) electrons. The van der Waals surface area contributed by atoms with Crippen molar-refractivity contribution in [3.63, 3.8) is 0 Å². The predicted molar refractivity (Wildman–Crippen MR) is 115 cm³/mol. The molecule has 3 unspecified atom stereocenters. The van der Waals surface area contributed by atoms with Crippen LogP contribution in [0.3, 0.4) is 0 Å². The Kier molecular flexibility index (Phi) is 6.28. The number of rotatable bonds is 7. The van der Waals surface area contributed by atoms with Crippen molar-refractivity contribution in [1.82, 2.24) is 9.78 Å². The zero-order valence-electron chi connectivity index (χ0n) is 19.4. The summed E-state index contributed by atoms with van der Waals surface area (Å²) in [6, 6.07) is 1.85. The van der Waals surface area contributed by atoms with E-state index in [1.54, 1.807) is 0 Å². The second-order valence-electron chi connectivity index (χ2n) is 10.0. The van der Waals surface area contributed by atoms with Crippen LogP contribution in [0.5, 0.6) is 0 Å². The first kappa shape index (κ1) is 27.1. The summed E-state index contributed by atoms with van der Waals surface area (Å²) in [4.78, 5) is 13.2. The lowest BCUT2D eigenvalue weighted by molar-refractivity contribution is -0.646. The Labute approximate surface area is 206 Å². The van der Waals surface area contributed by atoms with Crippen molar-refractivity contribution in [2.24, 2.45) is 11.3 Å². The lowest BCUT2D eigenvalue weighted by Gasteiger charge is -2.44. The normalized spacial score (nSPS) is 23.8. The van der Waals surface area contributed by atoms with Gasteiger partial charge in [0.15, 0.2) is 6.20 Å². The maximum atomic E-state index is 14.2. The Bertz CT molecular complexity index is 1350. The molecule has 2 saturated carbocycles. The van der Waals surface area contributed by atoms with E-state index in [0.717, 1.165) is 24.6 Å². The van der Waals surface area contributed by atoms with Gasteiger partial charge in [-0.25, -0.2) is 26.6 Å². The van der Waals surface area contributed by atoms with E-state index in [0.29, 0.717) is 4.68 Å². The van der Waals surface area contributed by atoms with Crippen LogP contribution in [0.4, 0.5) is 36.4 Å². The summed E-state index contributed by atoms with van der Waals surface area (Å²) in [5.41, 5.74) is -4.82. The standard InChI is InChI=1S/C21H22F7N5O3S/c1-19(7-20(24,25)8-19)9-32-16(14(21(26,27)28)15(31-32)11-6-12(11)17(22)23)18(34)30-10-3-4-33(35)13(5-10)37(2,29)36/h3-5,11-12,17,29H,6-9H2,1-2H3,(H,30,34). The van der Waals surface area contributed by atoms with E-state index >= 15 is 0 Å². The first-order chi connectivity index (χ1) is 16.8. The molecule has 2 aliphatic rings. The van der Waals surface area contributed by atoms with Crippen LogP contribution in [0.25, 0.3) is 0 Å². The van der Waals surface area contributed by atoms with Gasteiger partial charge >= 0.3 is 6.18 Å². The molecule has 204 valence electrons. The molecular formula is C21H22F7N5O3S. The monoisotopic (exact) mass is 557 g/mol. The van der Waals surface area contributed by atoms with Gasteiger partial charge < -0.3 is 10.5 Å². The maximum Gasteiger partial charge on any atom is 0.420 e. The lowest BCUT2D eigenvalue weighted by atomic mass is 9.67. The zero-order valence-corrected chi connectivity index (χ0v) is 20.2. The molecule has 0 aromatic carbocycles. The molecule has 1 amide bonds. The number of anilines is 1. The third-order valence-corrected chi connectivity index (χ3v) is 7.53. The highest BCUT2D eigenvalue weighted by Crippen LogP contribution is 2.55. The summed E-state index contributed by atoms with van der Waals surface area (Å²) in [6.45, 7) is 0.888. The number of nitrogens with zero attached hydrogens (tertiary/aromatic N) is 3. The van der Waals surface area contributed by atoms with Crippen molar-refractivity contribution >= 4 is 21.3 Å². The Hall–Kier alpha value is -2.91. The number of pyridine rings is 1. The van der Waals surface area contributed by atoms with Crippen LogP contribution in [0, 0.1) is 21.3 Å². The molecule has 4 rings (SSSR count). The summed E-state index contributed by atoms with van der Waals surface area (Å²) in [7, 11) is -3.58. The van der Waals surface area contributed by atoms with Crippen LogP contribution < -0.4 is 10.0 Å². The summed E-state index contributed by atoms with van der Waals surface area (Å²) in [5.74, 6) is -7.08. The summed E-state index contributed by atoms with van der Waals surface area (Å²) in [5, 5.41) is 17.3. The minimum atomic E-state index is -5.20. The van der Waals surface area contributed by atoms with Gasteiger partial charge in [0.2, 0.25) is 12.3 Å². The van der Waals surface area contributed by atoms with Gasteiger partial charge in [0.25, 0.3) is 10.9 Å². The molecule has 2 N–H and O–H groups in total. The Morgan fingerprint density at radius 2 is 2.00 bits per heavy atom. The molecule has 0 spiro atoms. The molecule has 0 bridgehead atoms. The second kappa shape index (κ2) is 8.56. The fraction of sp³-hybridized carbons (Fsp3) is 0.571. The third kappa shape index (κ3) is 5.38. The number of halogens is 7. The number of carbonyl (C=O) groups excluding carboxylic acids is 1. The fourth-order valence-electron chi connectivity index (χ4n) is 4.86. The first-order valence-corrected chi connectivity index (χ1v) is 12.9. The Morgan fingerprint density at radius 3 is 2.49 bits per heavy atom. The maximum absolute atomic E-state index is 14.2. The van der Waals surface area contributed by atoms with E-state index in [4.69, 9.17) is 4.78 Å². The largest absolute Gasteiger partial charge is 0.618 e. The molecule has 2 fully saturated rings. The molecule has 2 aromatic rings. The van der Waals surface area contributed by atoms with Gasteiger partial charge in [0.1, 0.15) is 21.0 Å². The second-order valence-corrected chi connectivity index (χ2v) is 12.1. The van der Waals surface area contributed by atoms with E-state index in [9.17, 15) is 44.9 Å². The van der Waals surface area contributed by atoms with Crippen LogP contribution in [0.2, 0.25) is 0 Å². The number of nitrogens with one attached hydrogen (secondary N) is 2. The van der Waals surface area contributed by atoms with Crippen molar-refractivity contribution in [3.8, 4) is 0 Å². The quantitative estimate of drug-likeness (QED) is 0.294. The van der Waals surface area contributed by atoms with E-state index < -0.39 is 92.8 Å². The van der Waals surface area contributed by atoms with Gasteiger partial charge in [-0.15, -0.1) is 0 Å². The molecule has 37 heavy (non-hydrogen) atoms. The van der Waals surface area contributed by atoms with Gasteiger partial charge in [-0.1, -0.05) is 6.92 Å². The van der Waals surface area contributed by atoms with E-state index in [1.807, 2.05) is 0 Å². The van der Waals surface area contributed by atoms with Crippen molar-refractivity contribution in [2.45, 2.75) is 62.2 Å². The average molecular weight is 557 g/mol. The summed E-state index contributed by atoms with van der Waals surface area (Å²) in [6.07, 6.45) is -8.00. The van der Waals surface area contributed by atoms with Crippen LogP contribution in [-0.2, 0) is 22.5 Å². The highest BCUT2D eigenvalue weighted by molar-refractivity contribution is 7.91. The van der Waals surface area contributed by atoms with Gasteiger partial charge in [-0.05, 0) is 11.8 Å². The molecule has 3 atom stereocenters. The Balaban J connectivity index is 1.79. The highest BCUT2D eigenvalue weighted by atomic mass is 32.2. The Morgan fingerprint density at radius 1 is 1.38 bits per heavy atom. The van der Waals surface area contributed by atoms with Crippen LogP contribution in [-0.4, -0.2) is 38.5 Å². The molecular weight excluding hydrogens is 535 g/mol. The number of alkyl halides is 7. The smallest absolute Gasteiger partial charge is 0.420 e. The van der Waals surface area contributed by atoms with Gasteiger partial charge in [0, 0.05) is 49.6 Å². The average Bonchev–Trinajstić information content (AvgIpc) is 3.41. The van der Waals surface area contributed by atoms with E-state index in [-0.39, 0.29) is 16.8 Å². The molecule has 0 saturated heterocycles. The minimum absolute atomic E-state index is 0.101. The summed E-state index contributed by atoms with van der Waals surface area (Å²) < 4.78 is 116. The number of amides is 1. The van der Waals surface area contributed by atoms with Gasteiger partial charge in [-0.3, -0.25) is 9.48 Å². The van der Waals surface area contributed by atoms with E-state index in [1.165, 1.54) is 6.92 Å². The fourth-order valence-corrected chi connectivity index (χ4v) is 5.62. The van der Waals surface area contributed by atoms with Crippen molar-refractivity contribution in [3.05, 3.63) is 40.5 Å². The topological polar surface area (TPSA) is 115 Å². The molecule has 2 heterocycles. The molecule has 2 aromatic heterocycles. The van der Waals surface area contributed by atoms with Crippen molar-refractivity contribution < 1.29 is 44.5 Å². The summed E-state index contributed by atoms with van der Waals surface area (Å²) >= 11 is 0. The van der Waals surface area contributed by atoms with Crippen LogP contribution in [0.15, 0.2) is 23.4 Å². The van der Waals surface area contributed by atoms with Crippen molar-refractivity contribution in [2.75, 3.05) is 11.6 Å². The molecule has 0 aliphatic heterocycles. The minimum Gasteiger partial charge on any atom is -0.618 e.